The fourth-order valence-corrected chi connectivity index (χ4v) is 4.10. The number of likely N-dealkylation sites (tertiary alicyclic amines) is 1. The Morgan fingerprint density at radius 3 is 2.71 bits per heavy atom. The number of rotatable bonds is 5. The SMILES string of the molecule is N#Cc1ccc(C2C(Oc3ccc(F)cc3Br)C(=O)N2CC2CCCO2)cc1. The zero-order valence-corrected chi connectivity index (χ0v) is 16.6. The summed E-state index contributed by atoms with van der Waals surface area (Å²) in [6.45, 7) is 1.23. The van der Waals surface area contributed by atoms with Gasteiger partial charge < -0.3 is 14.4 Å². The molecule has 0 radical (unpaired) electrons. The highest BCUT2D eigenvalue weighted by Crippen LogP contribution is 2.40. The van der Waals surface area contributed by atoms with E-state index in [0.717, 1.165) is 25.0 Å². The maximum atomic E-state index is 13.4. The number of nitrogens with zero attached hydrogens (tertiary/aromatic N) is 2. The van der Waals surface area contributed by atoms with Gasteiger partial charge in [0.2, 0.25) is 6.10 Å². The summed E-state index contributed by atoms with van der Waals surface area (Å²) >= 11 is 3.28. The Kier molecular flexibility index (Phi) is 5.33. The van der Waals surface area contributed by atoms with Gasteiger partial charge in [-0.2, -0.15) is 5.26 Å². The van der Waals surface area contributed by atoms with E-state index in [1.54, 1.807) is 17.0 Å². The van der Waals surface area contributed by atoms with Crippen LogP contribution in [-0.2, 0) is 9.53 Å². The van der Waals surface area contributed by atoms with E-state index in [1.165, 1.54) is 18.2 Å². The number of β-lactam (4-membered cyclic amide) rings is 1. The molecule has 28 heavy (non-hydrogen) atoms. The highest BCUT2D eigenvalue weighted by molar-refractivity contribution is 9.10. The fourth-order valence-electron chi connectivity index (χ4n) is 3.66. The van der Waals surface area contributed by atoms with Crippen molar-refractivity contribution in [1.29, 1.82) is 5.26 Å². The number of hydrogen-bond donors (Lipinski definition) is 0. The first-order valence-corrected chi connectivity index (χ1v) is 9.90. The van der Waals surface area contributed by atoms with Crippen molar-refractivity contribution < 1.29 is 18.7 Å². The van der Waals surface area contributed by atoms with E-state index in [0.29, 0.717) is 22.3 Å². The van der Waals surface area contributed by atoms with Crippen molar-refractivity contribution in [3.05, 3.63) is 63.9 Å². The maximum Gasteiger partial charge on any atom is 0.266 e. The molecule has 2 aromatic carbocycles. The Bertz CT molecular complexity index is 922. The first-order valence-electron chi connectivity index (χ1n) is 9.10. The highest BCUT2D eigenvalue weighted by atomic mass is 79.9. The normalized spacial score (nSPS) is 24.0. The van der Waals surface area contributed by atoms with E-state index < -0.39 is 6.10 Å². The number of ether oxygens (including phenoxy) is 2. The predicted molar refractivity (Wildman–Crippen MR) is 103 cm³/mol. The van der Waals surface area contributed by atoms with E-state index in [9.17, 15) is 9.18 Å². The third-order valence-electron chi connectivity index (χ3n) is 5.10. The Morgan fingerprint density at radius 2 is 2.07 bits per heavy atom. The van der Waals surface area contributed by atoms with Gasteiger partial charge >= 0.3 is 0 Å². The number of amides is 1. The number of halogens is 2. The minimum Gasteiger partial charge on any atom is -0.477 e. The molecule has 5 nitrogen and oxygen atoms in total. The van der Waals surface area contributed by atoms with Crippen molar-refractivity contribution in [1.82, 2.24) is 4.90 Å². The molecule has 2 aromatic rings. The van der Waals surface area contributed by atoms with Crippen molar-refractivity contribution in [3.63, 3.8) is 0 Å². The minimum atomic E-state index is -0.712. The number of carbonyl (C=O) groups is 1. The van der Waals surface area contributed by atoms with Crippen LogP contribution in [0.1, 0.15) is 30.0 Å². The molecular weight excluding hydrogens is 427 g/mol. The van der Waals surface area contributed by atoms with Crippen LogP contribution in [0, 0.1) is 17.1 Å². The summed E-state index contributed by atoms with van der Waals surface area (Å²) in [6, 6.07) is 13.1. The molecule has 7 heteroatoms. The van der Waals surface area contributed by atoms with Gasteiger partial charge in [0.1, 0.15) is 17.6 Å². The second-order valence-electron chi connectivity index (χ2n) is 6.92. The Balaban J connectivity index is 1.59. The molecular formula is C21H18BrFN2O3. The van der Waals surface area contributed by atoms with Crippen LogP contribution in [0.3, 0.4) is 0 Å². The Hall–Kier alpha value is -2.43. The maximum absolute atomic E-state index is 13.4. The van der Waals surface area contributed by atoms with Gasteiger partial charge in [-0.3, -0.25) is 4.79 Å². The topological polar surface area (TPSA) is 62.6 Å². The molecule has 2 saturated heterocycles. The fraction of sp³-hybridized carbons (Fsp3) is 0.333. The molecule has 2 fully saturated rings. The van der Waals surface area contributed by atoms with Crippen molar-refractivity contribution in [2.45, 2.75) is 31.1 Å². The lowest BCUT2D eigenvalue weighted by Crippen LogP contribution is -2.62. The summed E-state index contributed by atoms with van der Waals surface area (Å²) in [5, 5.41) is 9.03. The number of benzene rings is 2. The van der Waals surface area contributed by atoms with Crippen molar-refractivity contribution in [3.8, 4) is 11.8 Å². The summed E-state index contributed by atoms with van der Waals surface area (Å²) in [4.78, 5) is 14.6. The van der Waals surface area contributed by atoms with Crippen LogP contribution in [0.25, 0.3) is 0 Å². The molecule has 0 saturated carbocycles. The smallest absolute Gasteiger partial charge is 0.266 e. The van der Waals surface area contributed by atoms with E-state index in [2.05, 4.69) is 22.0 Å². The zero-order chi connectivity index (χ0) is 19.7. The molecule has 144 valence electrons. The predicted octanol–water partition coefficient (Wildman–Crippen LogP) is 3.97. The second-order valence-corrected chi connectivity index (χ2v) is 7.77. The molecule has 2 aliphatic heterocycles. The third kappa shape index (κ3) is 3.62. The molecule has 0 bridgehead atoms. The van der Waals surface area contributed by atoms with Gasteiger partial charge in [0, 0.05) is 13.2 Å². The molecule has 0 aromatic heterocycles. The highest BCUT2D eigenvalue weighted by Gasteiger charge is 2.51. The summed E-state index contributed by atoms with van der Waals surface area (Å²) in [6.07, 6.45) is 1.25. The van der Waals surface area contributed by atoms with Crippen molar-refractivity contribution >= 4 is 21.8 Å². The van der Waals surface area contributed by atoms with Gasteiger partial charge in [-0.25, -0.2) is 4.39 Å². The third-order valence-corrected chi connectivity index (χ3v) is 5.72. The lowest BCUT2D eigenvalue weighted by atomic mass is 9.89. The molecule has 2 heterocycles. The molecule has 4 rings (SSSR count). The number of nitriles is 1. The number of carbonyl (C=O) groups excluding carboxylic acids is 1. The molecule has 2 aliphatic rings. The molecule has 0 spiro atoms. The van der Waals surface area contributed by atoms with E-state index in [1.807, 2.05) is 12.1 Å². The number of hydrogen-bond acceptors (Lipinski definition) is 4. The van der Waals surface area contributed by atoms with Crippen LogP contribution in [0.5, 0.6) is 5.75 Å². The van der Waals surface area contributed by atoms with E-state index in [4.69, 9.17) is 14.7 Å². The zero-order valence-electron chi connectivity index (χ0n) is 15.0. The molecule has 3 unspecified atom stereocenters. The van der Waals surface area contributed by atoms with Crippen molar-refractivity contribution in [2.75, 3.05) is 13.2 Å². The van der Waals surface area contributed by atoms with Crippen LogP contribution in [-0.4, -0.2) is 36.2 Å². The standard InChI is InChI=1S/C21H18BrFN2O3/c22-17-10-15(23)7-8-18(17)28-20-19(14-5-3-13(11-24)4-6-14)25(21(20)26)12-16-2-1-9-27-16/h3-8,10,16,19-20H,1-2,9,12H2. The average Bonchev–Trinajstić information content (AvgIpc) is 3.21. The van der Waals surface area contributed by atoms with Crippen LogP contribution < -0.4 is 4.74 Å². The van der Waals surface area contributed by atoms with Crippen LogP contribution in [0.15, 0.2) is 46.9 Å². The summed E-state index contributed by atoms with van der Waals surface area (Å²) in [5.74, 6) is -0.0981. The quantitative estimate of drug-likeness (QED) is 0.654. The summed E-state index contributed by atoms with van der Waals surface area (Å²) in [5.41, 5.74) is 1.44. The van der Waals surface area contributed by atoms with Gasteiger partial charge in [-0.1, -0.05) is 12.1 Å². The molecule has 1 amide bonds. The Labute approximate surface area is 170 Å². The molecule has 0 aliphatic carbocycles. The lowest BCUT2D eigenvalue weighted by Gasteiger charge is -2.47. The lowest BCUT2D eigenvalue weighted by molar-refractivity contribution is -0.167. The summed E-state index contributed by atoms with van der Waals surface area (Å²) < 4.78 is 25.5. The first kappa shape index (κ1) is 18.9. The van der Waals surface area contributed by atoms with Crippen molar-refractivity contribution in [2.24, 2.45) is 0 Å². The van der Waals surface area contributed by atoms with Crippen LogP contribution in [0.4, 0.5) is 4.39 Å². The Morgan fingerprint density at radius 1 is 1.29 bits per heavy atom. The van der Waals surface area contributed by atoms with E-state index in [-0.39, 0.29) is 23.9 Å². The van der Waals surface area contributed by atoms with E-state index >= 15 is 0 Å². The molecule has 0 N–H and O–H groups in total. The van der Waals surface area contributed by atoms with Gasteiger partial charge in [-0.05, 0) is 64.7 Å². The summed E-state index contributed by atoms with van der Waals surface area (Å²) in [7, 11) is 0. The average molecular weight is 445 g/mol. The monoisotopic (exact) mass is 444 g/mol. The first-order chi connectivity index (χ1) is 13.6. The van der Waals surface area contributed by atoms with Gasteiger partial charge in [0.25, 0.3) is 5.91 Å². The largest absolute Gasteiger partial charge is 0.477 e. The van der Waals surface area contributed by atoms with Gasteiger partial charge in [-0.15, -0.1) is 0 Å². The minimum absolute atomic E-state index is 0.0309. The van der Waals surface area contributed by atoms with Crippen LogP contribution in [0.2, 0.25) is 0 Å². The van der Waals surface area contributed by atoms with Gasteiger partial charge in [0.05, 0.1) is 22.2 Å². The second kappa shape index (κ2) is 7.90. The molecule has 3 atom stereocenters. The van der Waals surface area contributed by atoms with Gasteiger partial charge in [0.15, 0.2) is 0 Å². The van der Waals surface area contributed by atoms with Crippen LogP contribution >= 0.6 is 15.9 Å².